The summed E-state index contributed by atoms with van der Waals surface area (Å²) in [5.74, 6) is 0.0982. The largest absolute Gasteiger partial charge is 0.342 e. The number of hydrogen-bond donors (Lipinski definition) is 0. The second-order valence-corrected chi connectivity index (χ2v) is 11.8. The summed E-state index contributed by atoms with van der Waals surface area (Å²) in [7, 11) is -1.90. The van der Waals surface area contributed by atoms with E-state index in [-0.39, 0.29) is 22.8 Å². The molecule has 1 aromatic rings. The SMILES string of the molecule is CN(C1CCCCC1)S(=O)(=O)c1ccc(C(=O)N2CCN(CC(=O)N3CCCCC3)CC2)cc1. The van der Waals surface area contributed by atoms with Gasteiger partial charge in [0.05, 0.1) is 11.4 Å². The smallest absolute Gasteiger partial charge is 0.253 e. The number of benzene rings is 1. The van der Waals surface area contributed by atoms with Gasteiger partial charge in [0.15, 0.2) is 0 Å². The Morgan fingerprint density at radius 3 is 2.03 bits per heavy atom. The number of hydrogen-bond acceptors (Lipinski definition) is 5. The highest BCUT2D eigenvalue weighted by Crippen LogP contribution is 2.26. The molecule has 0 unspecified atom stereocenters. The number of rotatable bonds is 6. The van der Waals surface area contributed by atoms with E-state index in [9.17, 15) is 18.0 Å². The zero-order valence-electron chi connectivity index (χ0n) is 20.3. The first-order valence-electron chi connectivity index (χ1n) is 12.7. The van der Waals surface area contributed by atoms with E-state index in [1.54, 1.807) is 36.2 Å². The van der Waals surface area contributed by atoms with Crippen molar-refractivity contribution in [3.63, 3.8) is 0 Å². The minimum absolute atomic E-state index is 0.0538. The molecule has 9 heteroatoms. The molecule has 3 fully saturated rings. The lowest BCUT2D eigenvalue weighted by Crippen LogP contribution is -2.52. The van der Waals surface area contributed by atoms with Crippen LogP contribution in [-0.2, 0) is 14.8 Å². The van der Waals surface area contributed by atoms with Crippen molar-refractivity contribution in [2.75, 3.05) is 52.9 Å². The predicted molar refractivity (Wildman–Crippen MR) is 131 cm³/mol. The zero-order chi connectivity index (χ0) is 24.1. The van der Waals surface area contributed by atoms with Gasteiger partial charge in [-0.15, -0.1) is 0 Å². The van der Waals surface area contributed by atoms with Crippen molar-refractivity contribution < 1.29 is 18.0 Å². The Balaban J connectivity index is 1.30. The van der Waals surface area contributed by atoms with Crippen LogP contribution in [0.25, 0.3) is 0 Å². The van der Waals surface area contributed by atoms with Crippen LogP contribution in [-0.4, -0.2) is 98.1 Å². The van der Waals surface area contributed by atoms with Gasteiger partial charge in [0.1, 0.15) is 0 Å². The van der Waals surface area contributed by atoms with E-state index in [1.165, 1.54) is 17.1 Å². The van der Waals surface area contributed by atoms with Gasteiger partial charge in [-0.3, -0.25) is 14.5 Å². The number of sulfonamides is 1. The van der Waals surface area contributed by atoms with Crippen LogP contribution in [0, 0.1) is 0 Å². The number of amides is 2. The topological polar surface area (TPSA) is 81.2 Å². The van der Waals surface area contributed by atoms with E-state index in [1.807, 2.05) is 4.90 Å². The van der Waals surface area contributed by atoms with Crippen LogP contribution >= 0.6 is 0 Å². The summed E-state index contributed by atoms with van der Waals surface area (Å²) in [6.07, 6.45) is 8.49. The van der Waals surface area contributed by atoms with E-state index in [2.05, 4.69) is 4.90 Å². The summed E-state index contributed by atoms with van der Waals surface area (Å²) < 4.78 is 27.6. The number of piperazine rings is 1. The van der Waals surface area contributed by atoms with E-state index in [4.69, 9.17) is 0 Å². The maximum atomic E-state index is 13.0. The molecule has 3 aliphatic rings. The average Bonchev–Trinajstić information content (AvgIpc) is 2.89. The molecule has 0 N–H and O–H groups in total. The van der Waals surface area contributed by atoms with E-state index < -0.39 is 10.0 Å². The van der Waals surface area contributed by atoms with E-state index in [0.717, 1.165) is 51.6 Å². The lowest BCUT2D eigenvalue weighted by Gasteiger charge is -2.36. The fourth-order valence-corrected chi connectivity index (χ4v) is 6.72. The molecule has 2 heterocycles. The molecule has 0 spiro atoms. The van der Waals surface area contributed by atoms with Crippen molar-refractivity contribution in [1.82, 2.24) is 19.0 Å². The third kappa shape index (κ3) is 5.80. The van der Waals surface area contributed by atoms with Gasteiger partial charge >= 0.3 is 0 Å². The van der Waals surface area contributed by atoms with Gasteiger partial charge in [0, 0.05) is 57.9 Å². The fourth-order valence-electron chi connectivity index (χ4n) is 5.30. The lowest BCUT2D eigenvalue weighted by molar-refractivity contribution is -0.133. The Hall–Kier alpha value is -1.97. The van der Waals surface area contributed by atoms with Crippen molar-refractivity contribution >= 4 is 21.8 Å². The molecule has 2 saturated heterocycles. The third-order valence-electron chi connectivity index (χ3n) is 7.59. The molecule has 1 saturated carbocycles. The summed E-state index contributed by atoms with van der Waals surface area (Å²) in [5, 5.41) is 0. The van der Waals surface area contributed by atoms with Gasteiger partial charge in [0.2, 0.25) is 15.9 Å². The van der Waals surface area contributed by atoms with E-state index in [0.29, 0.717) is 38.3 Å². The van der Waals surface area contributed by atoms with Gasteiger partial charge in [0.25, 0.3) is 5.91 Å². The molecule has 0 bridgehead atoms. The molecular formula is C25H38N4O4S. The van der Waals surface area contributed by atoms with Crippen LogP contribution in [0.4, 0.5) is 0 Å². The molecule has 2 amide bonds. The van der Waals surface area contributed by atoms with Gasteiger partial charge in [-0.05, 0) is 56.4 Å². The average molecular weight is 491 g/mol. The maximum absolute atomic E-state index is 13.0. The Morgan fingerprint density at radius 1 is 0.824 bits per heavy atom. The fraction of sp³-hybridized carbons (Fsp3) is 0.680. The molecule has 0 atom stereocenters. The van der Waals surface area contributed by atoms with Crippen LogP contribution < -0.4 is 0 Å². The van der Waals surface area contributed by atoms with E-state index >= 15 is 0 Å². The number of carbonyl (C=O) groups excluding carboxylic acids is 2. The summed E-state index contributed by atoms with van der Waals surface area (Å²) in [4.78, 5) is 31.6. The minimum atomic E-state index is -3.57. The van der Waals surface area contributed by atoms with Crippen LogP contribution in [0.1, 0.15) is 61.7 Å². The molecule has 1 aromatic carbocycles. The monoisotopic (exact) mass is 490 g/mol. The van der Waals surface area contributed by atoms with Crippen molar-refractivity contribution in [1.29, 1.82) is 0 Å². The first-order valence-corrected chi connectivity index (χ1v) is 14.2. The molecule has 1 aliphatic carbocycles. The maximum Gasteiger partial charge on any atom is 0.253 e. The molecule has 2 aliphatic heterocycles. The second kappa shape index (κ2) is 11.2. The van der Waals surface area contributed by atoms with Gasteiger partial charge in [-0.2, -0.15) is 4.31 Å². The number of carbonyl (C=O) groups is 2. The normalized spacial score (nSPS) is 21.1. The summed E-state index contributed by atoms with van der Waals surface area (Å²) in [5.41, 5.74) is 0.497. The predicted octanol–water partition coefficient (Wildman–Crippen LogP) is 2.41. The standard InChI is InChI=1S/C25H38N4O4S/c1-26(22-8-4-2-5-9-22)34(32,33)23-12-10-21(11-13-23)25(31)29-18-16-27(17-19-29)20-24(30)28-14-6-3-7-15-28/h10-13,22H,2-9,14-20H2,1H3. The quantitative estimate of drug-likeness (QED) is 0.612. The first kappa shape index (κ1) is 25.1. The summed E-state index contributed by atoms with van der Waals surface area (Å²) in [6, 6.07) is 6.40. The number of nitrogens with zero attached hydrogens (tertiary/aromatic N) is 4. The second-order valence-electron chi connectivity index (χ2n) is 9.85. The lowest BCUT2D eigenvalue weighted by atomic mass is 9.96. The molecule has 0 aromatic heterocycles. The first-order chi connectivity index (χ1) is 16.4. The Kier molecular flexibility index (Phi) is 8.26. The zero-order valence-corrected chi connectivity index (χ0v) is 21.1. The molecule has 8 nitrogen and oxygen atoms in total. The molecular weight excluding hydrogens is 452 g/mol. The highest BCUT2D eigenvalue weighted by atomic mass is 32.2. The highest BCUT2D eigenvalue weighted by molar-refractivity contribution is 7.89. The van der Waals surface area contributed by atoms with Gasteiger partial charge in [-0.25, -0.2) is 8.42 Å². The minimum Gasteiger partial charge on any atom is -0.342 e. The van der Waals surface area contributed by atoms with Crippen molar-refractivity contribution in [2.45, 2.75) is 62.3 Å². The molecule has 34 heavy (non-hydrogen) atoms. The number of likely N-dealkylation sites (tertiary alicyclic amines) is 1. The van der Waals surface area contributed by atoms with Gasteiger partial charge < -0.3 is 9.80 Å². The Bertz CT molecular complexity index is 946. The molecule has 4 rings (SSSR count). The molecule has 188 valence electrons. The van der Waals surface area contributed by atoms with Gasteiger partial charge in [-0.1, -0.05) is 19.3 Å². The van der Waals surface area contributed by atoms with Crippen LogP contribution in [0.2, 0.25) is 0 Å². The summed E-state index contributed by atoms with van der Waals surface area (Å²) in [6.45, 7) is 4.61. The van der Waals surface area contributed by atoms with Crippen LogP contribution in [0.5, 0.6) is 0 Å². The highest BCUT2D eigenvalue weighted by Gasteiger charge is 2.30. The van der Waals surface area contributed by atoms with Crippen molar-refractivity contribution in [3.8, 4) is 0 Å². The molecule has 0 radical (unpaired) electrons. The van der Waals surface area contributed by atoms with Crippen molar-refractivity contribution in [3.05, 3.63) is 29.8 Å². The van der Waals surface area contributed by atoms with Crippen molar-refractivity contribution in [2.24, 2.45) is 0 Å². The summed E-state index contributed by atoms with van der Waals surface area (Å²) >= 11 is 0. The van der Waals surface area contributed by atoms with Crippen LogP contribution in [0.15, 0.2) is 29.2 Å². The third-order valence-corrected chi connectivity index (χ3v) is 9.52. The Morgan fingerprint density at radius 2 is 1.41 bits per heavy atom. The number of piperidine rings is 1. The van der Waals surface area contributed by atoms with Crippen LogP contribution in [0.3, 0.4) is 0 Å². The Labute approximate surface area is 203 Å².